The normalized spacial score (nSPS) is 22.8. The van der Waals surface area contributed by atoms with E-state index in [0.717, 1.165) is 19.0 Å². The number of carbonyl (C=O) groups is 1. The van der Waals surface area contributed by atoms with E-state index in [4.69, 9.17) is 5.73 Å². The van der Waals surface area contributed by atoms with Gasteiger partial charge in [-0.15, -0.1) is 0 Å². The zero-order valence-corrected chi connectivity index (χ0v) is 10.9. The molecule has 1 heterocycles. The highest BCUT2D eigenvalue weighted by molar-refractivity contribution is 5.77. The van der Waals surface area contributed by atoms with Crippen molar-refractivity contribution in [2.75, 3.05) is 13.1 Å². The standard InChI is InChI=1S/C13H26N2O/c1-4-5-11-6-7-15(9-11)13(16)8-12(14)10(2)3/h10-12H,4-9,14H2,1-3H3. The third-order valence-electron chi connectivity index (χ3n) is 3.60. The summed E-state index contributed by atoms with van der Waals surface area (Å²) in [5.74, 6) is 1.36. The molecule has 0 radical (unpaired) electrons. The van der Waals surface area contributed by atoms with Crippen molar-refractivity contribution >= 4 is 5.91 Å². The summed E-state index contributed by atoms with van der Waals surface area (Å²) in [4.78, 5) is 14.0. The summed E-state index contributed by atoms with van der Waals surface area (Å²) in [6.45, 7) is 8.24. The molecular formula is C13H26N2O. The lowest BCUT2D eigenvalue weighted by Gasteiger charge is -2.21. The first kappa shape index (κ1) is 13.5. The Morgan fingerprint density at radius 1 is 1.50 bits per heavy atom. The quantitative estimate of drug-likeness (QED) is 0.779. The Hall–Kier alpha value is -0.570. The highest BCUT2D eigenvalue weighted by atomic mass is 16.2. The first-order valence-electron chi connectivity index (χ1n) is 6.58. The molecule has 0 aliphatic carbocycles. The maximum Gasteiger partial charge on any atom is 0.224 e. The summed E-state index contributed by atoms with van der Waals surface area (Å²) in [7, 11) is 0. The monoisotopic (exact) mass is 226 g/mol. The fourth-order valence-corrected chi connectivity index (χ4v) is 2.27. The van der Waals surface area contributed by atoms with Crippen LogP contribution in [-0.2, 0) is 4.79 Å². The summed E-state index contributed by atoms with van der Waals surface area (Å²) in [6, 6.07) is 0.0118. The van der Waals surface area contributed by atoms with Crippen LogP contribution in [0.2, 0.25) is 0 Å². The molecule has 2 atom stereocenters. The number of nitrogens with zero attached hydrogens (tertiary/aromatic N) is 1. The zero-order valence-electron chi connectivity index (χ0n) is 10.9. The molecule has 1 aliphatic heterocycles. The van der Waals surface area contributed by atoms with Gasteiger partial charge in [0.1, 0.15) is 0 Å². The summed E-state index contributed by atoms with van der Waals surface area (Å²) in [6.07, 6.45) is 4.16. The fourth-order valence-electron chi connectivity index (χ4n) is 2.27. The Balaban J connectivity index is 2.33. The predicted octanol–water partition coefficient (Wildman–Crippen LogP) is 2.01. The van der Waals surface area contributed by atoms with Crippen molar-refractivity contribution in [3.05, 3.63) is 0 Å². The molecule has 3 nitrogen and oxygen atoms in total. The second-order valence-electron chi connectivity index (χ2n) is 5.40. The summed E-state index contributed by atoms with van der Waals surface area (Å²) >= 11 is 0. The van der Waals surface area contributed by atoms with Crippen molar-refractivity contribution in [2.45, 2.75) is 52.5 Å². The lowest BCUT2D eigenvalue weighted by molar-refractivity contribution is -0.130. The Morgan fingerprint density at radius 2 is 2.19 bits per heavy atom. The van der Waals surface area contributed by atoms with Gasteiger partial charge in [-0.25, -0.2) is 0 Å². The maximum absolute atomic E-state index is 12.0. The summed E-state index contributed by atoms with van der Waals surface area (Å²) < 4.78 is 0. The Morgan fingerprint density at radius 3 is 2.75 bits per heavy atom. The van der Waals surface area contributed by atoms with E-state index in [1.165, 1.54) is 19.3 Å². The molecule has 0 bridgehead atoms. The van der Waals surface area contributed by atoms with Gasteiger partial charge in [0.2, 0.25) is 5.91 Å². The lowest BCUT2D eigenvalue weighted by Crippen LogP contribution is -2.36. The average molecular weight is 226 g/mol. The molecule has 0 spiro atoms. The van der Waals surface area contributed by atoms with Crippen LogP contribution in [0.15, 0.2) is 0 Å². The molecule has 0 saturated carbocycles. The molecule has 94 valence electrons. The SMILES string of the molecule is CCCC1CCN(C(=O)CC(N)C(C)C)C1. The highest BCUT2D eigenvalue weighted by Crippen LogP contribution is 2.21. The third kappa shape index (κ3) is 3.78. The second kappa shape index (κ2) is 6.24. The molecular weight excluding hydrogens is 200 g/mol. The van der Waals surface area contributed by atoms with Gasteiger partial charge in [0.15, 0.2) is 0 Å². The second-order valence-corrected chi connectivity index (χ2v) is 5.40. The molecule has 2 unspecified atom stereocenters. The van der Waals surface area contributed by atoms with Gasteiger partial charge >= 0.3 is 0 Å². The first-order chi connectivity index (χ1) is 7.54. The van der Waals surface area contributed by atoms with E-state index < -0.39 is 0 Å². The van der Waals surface area contributed by atoms with Crippen LogP contribution in [0.1, 0.15) is 46.5 Å². The third-order valence-corrected chi connectivity index (χ3v) is 3.60. The molecule has 0 aromatic rings. The van der Waals surface area contributed by atoms with Crippen LogP contribution in [-0.4, -0.2) is 29.9 Å². The minimum absolute atomic E-state index is 0.0118. The molecule has 1 rings (SSSR count). The number of hydrogen-bond donors (Lipinski definition) is 1. The van der Waals surface area contributed by atoms with Crippen molar-refractivity contribution in [3.8, 4) is 0 Å². The van der Waals surface area contributed by atoms with Crippen LogP contribution < -0.4 is 5.73 Å². The molecule has 2 N–H and O–H groups in total. The largest absolute Gasteiger partial charge is 0.342 e. The van der Waals surface area contributed by atoms with Crippen LogP contribution in [0, 0.1) is 11.8 Å². The van der Waals surface area contributed by atoms with E-state index in [1.807, 2.05) is 4.90 Å². The van der Waals surface area contributed by atoms with Gasteiger partial charge in [0.25, 0.3) is 0 Å². The van der Waals surface area contributed by atoms with Crippen molar-refractivity contribution < 1.29 is 4.79 Å². The number of nitrogens with two attached hydrogens (primary N) is 1. The lowest BCUT2D eigenvalue weighted by atomic mass is 10.0. The summed E-state index contributed by atoms with van der Waals surface area (Å²) in [5.41, 5.74) is 5.93. The van der Waals surface area contributed by atoms with Gasteiger partial charge in [-0.2, -0.15) is 0 Å². The first-order valence-corrected chi connectivity index (χ1v) is 6.58. The van der Waals surface area contributed by atoms with Crippen LogP contribution in [0.25, 0.3) is 0 Å². The Kier molecular flexibility index (Phi) is 5.26. The van der Waals surface area contributed by atoms with Gasteiger partial charge in [0, 0.05) is 25.6 Å². The van der Waals surface area contributed by atoms with E-state index in [0.29, 0.717) is 12.3 Å². The molecule has 1 amide bonds. The highest BCUT2D eigenvalue weighted by Gasteiger charge is 2.26. The van der Waals surface area contributed by atoms with E-state index >= 15 is 0 Å². The van der Waals surface area contributed by atoms with Crippen LogP contribution >= 0.6 is 0 Å². The average Bonchev–Trinajstić information content (AvgIpc) is 2.66. The molecule has 3 heteroatoms. The van der Waals surface area contributed by atoms with Crippen molar-refractivity contribution in [1.82, 2.24) is 4.90 Å². The predicted molar refractivity (Wildman–Crippen MR) is 67.0 cm³/mol. The molecule has 0 aromatic carbocycles. The minimum atomic E-state index is 0.0118. The topological polar surface area (TPSA) is 46.3 Å². The van der Waals surface area contributed by atoms with Crippen LogP contribution in [0.4, 0.5) is 0 Å². The van der Waals surface area contributed by atoms with Crippen molar-refractivity contribution in [2.24, 2.45) is 17.6 Å². The number of amides is 1. The van der Waals surface area contributed by atoms with Crippen molar-refractivity contribution in [1.29, 1.82) is 0 Å². The maximum atomic E-state index is 12.0. The number of likely N-dealkylation sites (tertiary alicyclic amines) is 1. The van der Waals surface area contributed by atoms with E-state index in [-0.39, 0.29) is 11.9 Å². The molecule has 1 saturated heterocycles. The van der Waals surface area contributed by atoms with Crippen molar-refractivity contribution in [3.63, 3.8) is 0 Å². The Labute approximate surface area is 99.4 Å². The summed E-state index contributed by atoms with van der Waals surface area (Å²) in [5, 5.41) is 0. The molecule has 1 fully saturated rings. The molecule has 1 aliphatic rings. The van der Waals surface area contributed by atoms with Gasteiger partial charge in [0.05, 0.1) is 0 Å². The van der Waals surface area contributed by atoms with E-state index in [1.54, 1.807) is 0 Å². The van der Waals surface area contributed by atoms with Gasteiger partial charge in [-0.1, -0.05) is 27.2 Å². The van der Waals surface area contributed by atoms with Crippen LogP contribution in [0.3, 0.4) is 0 Å². The van der Waals surface area contributed by atoms with Crippen LogP contribution in [0.5, 0.6) is 0 Å². The molecule has 16 heavy (non-hydrogen) atoms. The fraction of sp³-hybridized carbons (Fsp3) is 0.923. The number of hydrogen-bond acceptors (Lipinski definition) is 2. The Bertz CT molecular complexity index is 228. The van der Waals surface area contributed by atoms with Gasteiger partial charge < -0.3 is 10.6 Å². The number of rotatable bonds is 5. The van der Waals surface area contributed by atoms with Gasteiger partial charge in [-0.05, 0) is 24.7 Å². The number of carbonyl (C=O) groups excluding carboxylic acids is 1. The van der Waals surface area contributed by atoms with E-state index in [2.05, 4.69) is 20.8 Å². The zero-order chi connectivity index (χ0) is 12.1. The van der Waals surface area contributed by atoms with E-state index in [9.17, 15) is 4.79 Å². The smallest absolute Gasteiger partial charge is 0.224 e. The van der Waals surface area contributed by atoms with Gasteiger partial charge in [-0.3, -0.25) is 4.79 Å². The molecule has 0 aromatic heterocycles. The minimum Gasteiger partial charge on any atom is -0.342 e.